The third-order valence-corrected chi connectivity index (χ3v) is 5.72. The van der Waals surface area contributed by atoms with Gasteiger partial charge in [-0.2, -0.15) is 0 Å². The van der Waals surface area contributed by atoms with Crippen molar-refractivity contribution in [1.29, 1.82) is 0 Å². The first-order valence-corrected chi connectivity index (χ1v) is 10.5. The van der Waals surface area contributed by atoms with Crippen molar-refractivity contribution < 1.29 is 13.9 Å². The molecule has 0 N–H and O–H groups in total. The molecular weight excluding hydrogens is 423 g/mol. The fourth-order valence-corrected chi connectivity index (χ4v) is 4.26. The molecule has 1 aromatic heterocycles. The highest BCUT2D eigenvalue weighted by atomic mass is 35.5. The van der Waals surface area contributed by atoms with Crippen LogP contribution in [0.3, 0.4) is 0 Å². The van der Waals surface area contributed by atoms with Gasteiger partial charge in [0.05, 0.1) is 11.3 Å². The summed E-state index contributed by atoms with van der Waals surface area (Å²) in [6.45, 7) is 6.31. The summed E-state index contributed by atoms with van der Waals surface area (Å²) in [6.07, 6.45) is 1.43. The molecule has 1 aliphatic heterocycles. The van der Waals surface area contributed by atoms with Gasteiger partial charge in [0.25, 0.3) is 0 Å². The molecule has 30 heavy (non-hydrogen) atoms. The van der Waals surface area contributed by atoms with Crippen LogP contribution in [0.25, 0.3) is 0 Å². The molecular formula is C23H22Cl2N2O3. The van der Waals surface area contributed by atoms with Gasteiger partial charge in [-0.1, -0.05) is 41.4 Å². The Labute approximate surface area is 185 Å². The summed E-state index contributed by atoms with van der Waals surface area (Å²) in [4.78, 5) is 17.1. The zero-order valence-electron chi connectivity index (χ0n) is 16.6. The maximum absolute atomic E-state index is 12.4. The molecule has 2 heterocycles. The lowest BCUT2D eigenvalue weighted by atomic mass is 10.1. The summed E-state index contributed by atoms with van der Waals surface area (Å²) in [7, 11) is 0. The van der Waals surface area contributed by atoms with Gasteiger partial charge in [0, 0.05) is 49.0 Å². The Kier molecular flexibility index (Phi) is 6.32. The Hall–Kier alpha value is -2.47. The lowest BCUT2D eigenvalue weighted by Gasteiger charge is -2.37. The molecule has 3 aromatic rings. The van der Waals surface area contributed by atoms with E-state index in [1.165, 1.54) is 17.5 Å². The lowest BCUT2D eigenvalue weighted by molar-refractivity contribution is 0.0698. The van der Waals surface area contributed by atoms with Crippen LogP contribution in [0.1, 0.15) is 21.7 Å². The minimum atomic E-state index is -0.588. The maximum atomic E-state index is 12.4. The molecule has 0 radical (unpaired) electrons. The van der Waals surface area contributed by atoms with Crippen molar-refractivity contribution in [2.45, 2.75) is 13.5 Å². The number of ether oxygens (including phenoxy) is 1. The minimum absolute atomic E-state index is 0.124. The van der Waals surface area contributed by atoms with E-state index in [1.54, 1.807) is 24.3 Å². The van der Waals surface area contributed by atoms with Crippen LogP contribution in [0.2, 0.25) is 10.0 Å². The average molecular weight is 445 g/mol. The summed E-state index contributed by atoms with van der Waals surface area (Å²) in [5, 5.41) is 0.808. The van der Waals surface area contributed by atoms with Gasteiger partial charge in [-0.25, -0.2) is 4.79 Å². The summed E-state index contributed by atoms with van der Waals surface area (Å²) in [5.74, 6) is -0.141. The van der Waals surface area contributed by atoms with Crippen LogP contribution in [-0.4, -0.2) is 37.0 Å². The lowest BCUT2D eigenvalue weighted by Crippen LogP contribution is -2.46. The first-order valence-electron chi connectivity index (χ1n) is 9.78. The van der Waals surface area contributed by atoms with Gasteiger partial charge in [-0.3, -0.25) is 4.90 Å². The second-order valence-electron chi connectivity index (χ2n) is 7.29. The monoisotopic (exact) mass is 444 g/mol. The number of carbonyl (C=O) groups excluding carboxylic acids is 1. The van der Waals surface area contributed by atoms with E-state index in [2.05, 4.69) is 41.0 Å². The molecule has 0 unspecified atom stereocenters. The van der Waals surface area contributed by atoms with E-state index < -0.39 is 5.97 Å². The van der Waals surface area contributed by atoms with E-state index in [0.29, 0.717) is 22.3 Å². The predicted molar refractivity (Wildman–Crippen MR) is 119 cm³/mol. The highest BCUT2D eigenvalue weighted by molar-refractivity contribution is 6.35. The molecule has 1 aliphatic rings. The Bertz CT molecular complexity index is 1030. The Morgan fingerprint density at radius 1 is 1.07 bits per heavy atom. The SMILES string of the molecule is Cc1ccccc1N1CCN(Cc2cc(Cl)cc(Cl)c2OC(=O)c2ccco2)CC1. The number of aryl methyl sites for hydroxylation is 1. The van der Waals surface area contributed by atoms with E-state index in [9.17, 15) is 4.79 Å². The molecule has 2 aromatic carbocycles. The minimum Gasteiger partial charge on any atom is -0.457 e. The van der Waals surface area contributed by atoms with E-state index in [1.807, 2.05) is 0 Å². The Balaban J connectivity index is 1.47. The number of hydrogen-bond acceptors (Lipinski definition) is 5. The maximum Gasteiger partial charge on any atom is 0.379 e. The van der Waals surface area contributed by atoms with Crippen LogP contribution in [0.5, 0.6) is 5.75 Å². The number of halogens is 2. The van der Waals surface area contributed by atoms with Gasteiger partial charge in [-0.15, -0.1) is 0 Å². The third kappa shape index (κ3) is 4.64. The molecule has 0 bridgehead atoms. The van der Waals surface area contributed by atoms with Gasteiger partial charge in [-0.05, 0) is 42.8 Å². The molecule has 7 heteroatoms. The number of para-hydroxylation sites is 1. The summed E-state index contributed by atoms with van der Waals surface area (Å²) in [6, 6.07) is 15.0. The standard InChI is InChI=1S/C23H22Cl2N2O3/c1-16-5-2-3-6-20(16)27-10-8-26(9-11-27)15-17-13-18(24)14-19(25)22(17)30-23(28)21-7-4-12-29-21/h2-7,12-14H,8-11,15H2,1H3. The van der Waals surface area contributed by atoms with Gasteiger partial charge in [0.15, 0.2) is 5.75 Å². The highest BCUT2D eigenvalue weighted by Gasteiger charge is 2.22. The molecule has 1 saturated heterocycles. The summed E-state index contributed by atoms with van der Waals surface area (Å²) < 4.78 is 10.7. The van der Waals surface area contributed by atoms with Crippen molar-refractivity contribution in [1.82, 2.24) is 4.90 Å². The van der Waals surface area contributed by atoms with Crippen LogP contribution >= 0.6 is 23.2 Å². The normalized spacial score (nSPS) is 14.7. The fourth-order valence-electron chi connectivity index (χ4n) is 3.69. The smallest absolute Gasteiger partial charge is 0.379 e. The molecule has 1 fully saturated rings. The van der Waals surface area contributed by atoms with Crippen molar-refractivity contribution in [3.05, 3.63) is 81.7 Å². The number of rotatable bonds is 5. The largest absolute Gasteiger partial charge is 0.457 e. The van der Waals surface area contributed by atoms with Gasteiger partial charge in [0.1, 0.15) is 0 Å². The molecule has 0 atom stereocenters. The summed E-state index contributed by atoms with van der Waals surface area (Å²) >= 11 is 12.6. The van der Waals surface area contributed by atoms with E-state index in [0.717, 1.165) is 31.7 Å². The molecule has 0 saturated carbocycles. The molecule has 0 amide bonds. The number of hydrogen-bond donors (Lipinski definition) is 0. The highest BCUT2D eigenvalue weighted by Crippen LogP contribution is 2.34. The quantitative estimate of drug-likeness (QED) is 0.387. The second-order valence-corrected chi connectivity index (χ2v) is 8.14. The zero-order chi connectivity index (χ0) is 21.1. The first-order chi connectivity index (χ1) is 14.5. The number of anilines is 1. The molecule has 0 aliphatic carbocycles. The van der Waals surface area contributed by atoms with Crippen molar-refractivity contribution in [2.24, 2.45) is 0 Å². The first kappa shape index (κ1) is 20.8. The molecule has 0 spiro atoms. The van der Waals surface area contributed by atoms with Crippen LogP contribution < -0.4 is 9.64 Å². The van der Waals surface area contributed by atoms with E-state index in [-0.39, 0.29) is 5.76 Å². The van der Waals surface area contributed by atoms with Crippen molar-refractivity contribution in [3.8, 4) is 5.75 Å². The fraction of sp³-hybridized carbons (Fsp3) is 0.261. The topological polar surface area (TPSA) is 45.9 Å². The number of piperazine rings is 1. The molecule has 4 rings (SSSR count). The Morgan fingerprint density at radius 2 is 1.83 bits per heavy atom. The second kappa shape index (κ2) is 9.13. The average Bonchev–Trinajstić information content (AvgIpc) is 3.27. The number of carbonyl (C=O) groups is 1. The van der Waals surface area contributed by atoms with Gasteiger partial charge >= 0.3 is 5.97 Å². The zero-order valence-corrected chi connectivity index (χ0v) is 18.1. The molecule has 5 nitrogen and oxygen atoms in total. The van der Waals surface area contributed by atoms with Crippen LogP contribution in [0, 0.1) is 6.92 Å². The van der Waals surface area contributed by atoms with Crippen LogP contribution in [0.15, 0.2) is 59.2 Å². The van der Waals surface area contributed by atoms with Gasteiger partial charge in [0.2, 0.25) is 5.76 Å². The van der Waals surface area contributed by atoms with Crippen LogP contribution in [-0.2, 0) is 6.54 Å². The van der Waals surface area contributed by atoms with Crippen molar-refractivity contribution in [2.75, 3.05) is 31.1 Å². The number of furan rings is 1. The van der Waals surface area contributed by atoms with Crippen molar-refractivity contribution in [3.63, 3.8) is 0 Å². The summed E-state index contributed by atoms with van der Waals surface area (Å²) in [5.41, 5.74) is 3.33. The number of esters is 1. The number of nitrogens with zero attached hydrogens (tertiary/aromatic N) is 2. The number of benzene rings is 2. The van der Waals surface area contributed by atoms with E-state index >= 15 is 0 Å². The molecule has 156 valence electrons. The van der Waals surface area contributed by atoms with Gasteiger partial charge < -0.3 is 14.1 Å². The van der Waals surface area contributed by atoms with Crippen molar-refractivity contribution >= 4 is 34.9 Å². The third-order valence-electron chi connectivity index (χ3n) is 5.22. The van der Waals surface area contributed by atoms with Crippen LogP contribution in [0.4, 0.5) is 5.69 Å². The Morgan fingerprint density at radius 3 is 2.53 bits per heavy atom. The predicted octanol–water partition coefficient (Wildman–Crippen LogP) is 5.44. The van der Waals surface area contributed by atoms with E-state index in [4.69, 9.17) is 32.4 Å².